The molecule has 17 heavy (non-hydrogen) atoms. The lowest BCUT2D eigenvalue weighted by atomic mass is 10.1. The number of methoxy groups -OCH3 is 1. The first-order valence-electron chi connectivity index (χ1n) is 6.20. The largest absolute Gasteiger partial charge is 0.497 e. The van der Waals surface area contributed by atoms with Crippen LogP contribution in [0.1, 0.15) is 18.9 Å². The van der Waals surface area contributed by atoms with E-state index in [1.807, 2.05) is 12.1 Å². The van der Waals surface area contributed by atoms with Gasteiger partial charge in [0.1, 0.15) is 5.75 Å². The molecule has 1 aromatic carbocycles. The summed E-state index contributed by atoms with van der Waals surface area (Å²) in [6.07, 6.45) is 1.89. The van der Waals surface area contributed by atoms with Gasteiger partial charge in [-0.3, -0.25) is 0 Å². The Bertz CT molecular complexity index is 298. The Morgan fingerprint density at radius 3 is 2.59 bits per heavy atom. The number of hydrogen-bond donors (Lipinski definition) is 2. The highest BCUT2D eigenvalue weighted by atomic mass is 16.5. The number of benzene rings is 1. The maximum Gasteiger partial charge on any atom is 0.118 e. The standard InChI is InChI=1S/C14H23NO2/c1-12(8-10-16)11-15-9-7-13-3-5-14(17-2)6-4-13/h3-6,12,15-16H,7-11H2,1-2H3. The van der Waals surface area contributed by atoms with Crippen molar-refractivity contribution in [1.82, 2.24) is 5.32 Å². The Morgan fingerprint density at radius 2 is 2.00 bits per heavy atom. The molecule has 1 atom stereocenters. The maximum absolute atomic E-state index is 8.78. The number of ether oxygens (including phenoxy) is 1. The first kappa shape index (κ1) is 14.0. The lowest BCUT2D eigenvalue weighted by molar-refractivity contribution is 0.260. The first-order chi connectivity index (χ1) is 8.26. The second-order valence-corrected chi connectivity index (χ2v) is 4.42. The van der Waals surface area contributed by atoms with Gasteiger partial charge in [0.25, 0.3) is 0 Å². The van der Waals surface area contributed by atoms with Crippen LogP contribution < -0.4 is 10.1 Å². The summed E-state index contributed by atoms with van der Waals surface area (Å²) in [5.41, 5.74) is 1.31. The fourth-order valence-electron chi connectivity index (χ4n) is 1.70. The highest BCUT2D eigenvalue weighted by Gasteiger charge is 2.00. The van der Waals surface area contributed by atoms with Crippen molar-refractivity contribution in [3.05, 3.63) is 29.8 Å². The van der Waals surface area contributed by atoms with Gasteiger partial charge in [0, 0.05) is 6.61 Å². The van der Waals surface area contributed by atoms with E-state index in [1.54, 1.807) is 7.11 Å². The first-order valence-corrected chi connectivity index (χ1v) is 6.20. The molecule has 0 radical (unpaired) electrons. The SMILES string of the molecule is COc1ccc(CCNCC(C)CCO)cc1. The average molecular weight is 237 g/mol. The molecule has 3 heteroatoms. The molecule has 1 unspecified atom stereocenters. The fourth-order valence-corrected chi connectivity index (χ4v) is 1.70. The normalized spacial score (nSPS) is 12.4. The molecule has 0 fully saturated rings. The summed E-state index contributed by atoms with van der Waals surface area (Å²) in [7, 11) is 1.68. The summed E-state index contributed by atoms with van der Waals surface area (Å²) in [6, 6.07) is 8.17. The quantitative estimate of drug-likeness (QED) is 0.678. The van der Waals surface area contributed by atoms with E-state index in [4.69, 9.17) is 9.84 Å². The number of rotatable bonds is 8. The van der Waals surface area contributed by atoms with Crippen LogP contribution in [0, 0.1) is 5.92 Å². The zero-order valence-electron chi connectivity index (χ0n) is 10.8. The van der Waals surface area contributed by atoms with Crippen molar-refractivity contribution in [2.24, 2.45) is 5.92 Å². The van der Waals surface area contributed by atoms with Crippen molar-refractivity contribution in [1.29, 1.82) is 0 Å². The van der Waals surface area contributed by atoms with Crippen LogP contribution in [-0.2, 0) is 6.42 Å². The zero-order chi connectivity index (χ0) is 12.5. The van der Waals surface area contributed by atoms with E-state index in [0.717, 1.165) is 31.7 Å². The molecular weight excluding hydrogens is 214 g/mol. The molecule has 0 heterocycles. The summed E-state index contributed by atoms with van der Waals surface area (Å²) in [5.74, 6) is 1.44. The summed E-state index contributed by atoms with van der Waals surface area (Å²) >= 11 is 0. The van der Waals surface area contributed by atoms with E-state index in [0.29, 0.717) is 5.92 Å². The Labute approximate surface area is 104 Å². The van der Waals surface area contributed by atoms with Crippen LogP contribution in [0.15, 0.2) is 24.3 Å². The average Bonchev–Trinajstić information content (AvgIpc) is 2.36. The highest BCUT2D eigenvalue weighted by molar-refractivity contribution is 5.27. The van der Waals surface area contributed by atoms with Crippen LogP contribution in [0.5, 0.6) is 5.75 Å². The van der Waals surface area contributed by atoms with Crippen LogP contribution in [0.3, 0.4) is 0 Å². The minimum Gasteiger partial charge on any atom is -0.497 e. The highest BCUT2D eigenvalue weighted by Crippen LogP contribution is 2.11. The van der Waals surface area contributed by atoms with E-state index in [-0.39, 0.29) is 6.61 Å². The maximum atomic E-state index is 8.78. The van der Waals surface area contributed by atoms with Gasteiger partial charge in [-0.15, -0.1) is 0 Å². The van der Waals surface area contributed by atoms with Gasteiger partial charge in [-0.2, -0.15) is 0 Å². The third-order valence-electron chi connectivity index (χ3n) is 2.86. The van der Waals surface area contributed by atoms with Crippen LogP contribution in [0.25, 0.3) is 0 Å². The third kappa shape index (κ3) is 5.71. The van der Waals surface area contributed by atoms with Gasteiger partial charge in [0.2, 0.25) is 0 Å². The molecule has 96 valence electrons. The van der Waals surface area contributed by atoms with Gasteiger partial charge >= 0.3 is 0 Å². The minimum atomic E-state index is 0.279. The van der Waals surface area contributed by atoms with Crippen molar-refractivity contribution in [3.63, 3.8) is 0 Å². The van der Waals surface area contributed by atoms with E-state index in [9.17, 15) is 0 Å². The summed E-state index contributed by atoms with van der Waals surface area (Å²) < 4.78 is 5.11. The smallest absolute Gasteiger partial charge is 0.118 e. The number of nitrogens with one attached hydrogen (secondary N) is 1. The van der Waals surface area contributed by atoms with Crippen molar-refractivity contribution in [2.75, 3.05) is 26.8 Å². The van der Waals surface area contributed by atoms with Crippen LogP contribution in [-0.4, -0.2) is 31.9 Å². The van der Waals surface area contributed by atoms with Crippen molar-refractivity contribution < 1.29 is 9.84 Å². The predicted molar refractivity (Wildman–Crippen MR) is 70.4 cm³/mol. The molecule has 0 amide bonds. The molecule has 0 aliphatic heterocycles. The number of hydrogen-bond acceptors (Lipinski definition) is 3. The van der Waals surface area contributed by atoms with Crippen molar-refractivity contribution in [2.45, 2.75) is 19.8 Å². The lowest BCUT2D eigenvalue weighted by Crippen LogP contribution is -2.24. The van der Waals surface area contributed by atoms with Crippen molar-refractivity contribution in [3.8, 4) is 5.75 Å². The van der Waals surface area contributed by atoms with Crippen LogP contribution in [0.2, 0.25) is 0 Å². The van der Waals surface area contributed by atoms with Gasteiger partial charge in [-0.1, -0.05) is 19.1 Å². The minimum absolute atomic E-state index is 0.279. The van der Waals surface area contributed by atoms with Gasteiger partial charge in [-0.05, 0) is 49.5 Å². The Morgan fingerprint density at radius 1 is 1.29 bits per heavy atom. The molecule has 0 spiro atoms. The molecule has 3 nitrogen and oxygen atoms in total. The molecule has 0 aromatic heterocycles. The molecular formula is C14H23NO2. The molecule has 0 aliphatic rings. The van der Waals surface area contributed by atoms with Gasteiger partial charge in [-0.25, -0.2) is 0 Å². The summed E-state index contributed by atoms with van der Waals surface area (Å²) in [4.78, 5) is 0. The molecule has 0 saturated carbocycles. The zero-order valence-corrected chi connectivity index (χ0v) is 10.8. The molecule has 0 aliphatic carbocycles. The fraction of sp³-hybridized carbons (Fsp3) is 0.571. The molecule has 0 saturated heterocycles. The lowest BCUT2D eigenvalue weighted by Gasteiger charge is -2.11. The molecule has 2 N–H and O–H groups in total. The molecule has 1 rings (SSSR count). The van der Waals surface area contributed by atoms with Crippen molar-refractivity contribution >= 4 is 0 Å². The Hall–Kier alpha value is -1.06. The second kappa shape index (κ2) is 8.09. The summed E-state index contributed by atoms with van der Waals surface area (Å²) in [5, 5.41) is 12.2. The Kier molecular flexibility index (Phi) is 6.67. The second-order valence-electron chi connectivity index (χ2n) is 4.42. The molecule has 1 aromatic rings. The number of aliphatic hydroxyl groups excluding tert-OH is 1. The number of aliphatic hydroxyl groups is 1. The van der Waals surface area contributed by atoms with E-state index < -0.39 is 0 Å². The third-order valence-corrected chi connectivity index (χ3v) is 2.86. The van der Waals surface area contributed by atoms with Crippen LogP contribution in [0.4, 0.5) is 0 Å². The molecule has 0 bridgehead atoms. The van der Waals surface area contributed by atoms with Gasteiger partial charge < -0.3 is 15.2 Å². The van der Waals surface area contributed by atoms with E-state index >= 15 is 0 Å². The topological polar surface area (TPSA) is 41.5 Å². The van der Waals surface area contributed by atoms with Gasteiger partial charge in [0.05, 0.1) is 7.11 Å². The van der Waals surface area contributed by atoms with Crippen LogP contribution >= 0.6 is 0 Å². The summed E-state index contributed by atoms with van der Waals surface area (Å²) in [6.45, 7) is 4.37. The van der Waals surface area contributed by atoms with E-state index in [2.05, 4.69) is 24.4 Å². The van der Waals surface area contributed by atoms with Gasteiger partial charge in [0.15, 0.2) is 0 Å². The monoisotopic (exact) mass is 237 g/mol. The van der Waals surface area contributed by atoms with E-state index in [1.165, 1.54) is 5.56 Å². The Balaban J connectivity index is 2.17. The predicted octanol–water partition coefficient (Wildman–Crippen LogP) is 1.85.